The van der Waals surface area contributed by atoms with E-state index in [0.29, 0.717) is 0 Å². The van der Waals surface area contributed by atoms with E-state index in [1.54, 1.807) is 27.7 Å². The predicted octanol–water partition coefficient (Wildman–Crippen LogP) is 1.71. The summed E-state index contributed by atoms with van der Waals surface area (Å²) in [6.07, 6.45) is 0.438. The van der Waals surface area contributed by atoms with Gasteiger partial charge in [-0.3, -0.25) is 9.13 Å². The van der Waals surface area contributed by atoms with E-state index in [2.05, 4.69) is 15.0 Å². The van der Waals surface area contributed by atoms with E-state index >= 15 is 0 Å². The van der Waals surface area contributed by atoms with E-state index in [9.17, 15) is 19.1 Å². The Labute approximate surface area is 151 Å². The number of azide groups is 1. The van der Waals surface area contributed by atoms with Crippen LogP contribution in [0.25, 0.3) is 10.4 Å². The molecule has 0 bridgehead atoms. The van der Waals surface area contributed by atoms with E-state index < -0.39 is 36.6 Å². The zero-order chi connectivity index (χ0) is 20.1. The van der Waals surface area contributed by atoms with Gasteiger partial charge in [-0.25, -0.2) is 4.79 Å². The average molecular weight is 388 g/mol. The van der Waals surface area contributed by atoms with Crippen molar-refractivity contribution in [3.05, 3.63) is 33.2 Å². The summed E-state index contributed by atoms with van der Waals surface area (Å²) in [7, 11) is -4.71. The maximum atomic E-state index is 12.3. The first kappa shape index (κ1) is 22.1. The van der Waals surface area contributed by atoms with Gasteiger partial charge in [0.2, 0.25) is 0 Å². The molecule has 0 aliphatic rings. The van der Waals surface area contributed by atoms with Crippen molar-refractivity contribution in [3.63, 3.8) is 0 Å². The predicted molar refractivity (Wildman–Crippen MR) is 96.2 cm³/mol. The number of hydrogen-bond donors (Lipinski definition) is 3. The second kappa shape index (κ2) is 8.66. The lowest BCUT2D eigenvalue weighted by atomic mass is 9.95. The number of aromatic nitrogens is 2. The van der Waals surface area contributed by atoms with Gasteiger partial charge < -0.3 is 20.3 Å². The fourth-order valence-electron chi connectivity index (χ4n) is 3.01. The van der Waals surface area contributed by atoms with Crippen molar-refractivity contribution in [2.24, 2.45) is 17.0 Å². The molecule has 146 valence electrons. The minimum Gasteiger partial charge on any atom is -0.383 e. The highest BCUT2D eigenvalue weighted by Gasteiger charge is 2.54. The number of ether oxygens (including phenoxy) is 1. The highest BCUT2D eigenvalue weighted by Crippen LogP contribution is 2.59. The summed E-state index contributed by atoms with van der Waals surface area (Å²) in [5.41, 5.74) is 13.4. The molecule has 12 heteroatoms. The molecule has 1 rings (SSSR count). The third kappa shape index (κ3) is 4.84. The molecular weight excluding hydrogens is 363 g/mol. The molecule has 0 amide bonds. The molecule has 0 aliphatic carbocycles. The summed E-state index contributed by atoms with van der Waals surface area (Å²) >= 11 is 0. The number of nitrogens with two attached hydrogens (primary N) is 1. The zero-order valence-corrected chi connectivity index (χ0v) is 16.1. The van der Waals surface area contributed by atoms with Crippen LogP contribution < -0.4 is 11.4 Å². The first-order chi connectivity index (χ1) is 12.0. The molecule has 1 heterocycles. The second-order valence-corrected chi connectivity index (χ2v) is 8.33. The molecule has 26 heavy (non-hydrogen) atoms. The van der Waals surface area contributed by atoms with Gasteiger partial charge in [-0.15, -0.1) is 0 Å². The summed E-state index contributed by atoms with van der Waals surface area (Å²) < 4.78 is 19.3. The van der Waals surface area contributed by atoms with Crippen LogP contribution in [0, 0.1) is 11.8 Å². The van der Waals surface area contributed by atoms with Gasteiger partial charge in [-0.2, -0.15) is 4.98 Å². The SMILES string of the molecule is CC(C)C(OC(CN=[N+]=[N-])Cn1ccc(N)nc1=O)(C(C)C)P(=O)(O)O. The number of hydrogen-bond acceptors (Lipinski definition) is 6. The maximum Gasteiger partial charge on any atom is 0.357 e. The van der Waals surface area contributed by atoms with E-state index in [-0.39, 0.29) is 18.9 Å². The highest BCUT2D eigenvalue weighted by atomic mass is 31.2. The van der Waals surface area contributed by atoms with Gasteiger partial charge in [0.1, 0.15) is 5.82 Å². The molecule has 0 aromatic carbocycles. The minimum atomic E-state index is -4.71. The normalized spacial score (nSPS) is 13.7. The fourth-order valence-corrected chi connectivity index (χ4v) is 4.64. The van der Waals surface area contributed by atoms with Gasteiger partial charge >= 0.3 is 13.3 Å². The Morgan fingerprint density at radius 2 is 2.00 bits per heavy atom. The monoisotopic (exact) mass is 388 g/mol. The van der Waals surface area contributed by atoms with E-state index in [1.165, 1.54) is 16.8 Å². The summed E-state index contributed by atoms with van der Waals surface area (Å²) in [4.78, 5) is 38.2. The van der Waals surface area contributed by atoms with Crippen LogP contribution in [0.4, 0.5) is 5.82 Å². The van der Waals surface area contributed by atoms with Crippen molar-refractivity contribution in [2.45, 2.75) is 45.7 Å². The Morgan fingerprint density at radius 1 is 1.42 bits per heavy atom. The third-order valence-electron chi connectivity index (χ3n) is 4.11. The van der Waals surface area contributed by atoms with Crippen LogP contribution in [-0.2, 0) is 15.8 Å². The van der Waals surface area contributed by atoms with Crippen LogP contribution in [0.5, 0.6) is 0 Å². The van der Waals surface area contributed by atoms with Gasteiger partial charge in [0.15, 0.2) is 5.34 Å². The molecule has 0 radical (unpaired) electrons. The van der Waals surface area contributed by atoms with Crippen LogP contribution >= 0.6 is 7.60 Å². The molecule has 1 aromatic rings. The Kier molecular flexibility index (Phi) is 7.37. The van der Waals surface area contributed by atoms with Crippen molar-refractivity contribution < 1.29 is 19.1 Å². The average Bonchev–Trinajstić information content (AvgIpc) is 2.50. The smallest absolute Gasteiger partial charge is 0.357 e. The standard InChI is InChI=1S/C14H25N6O5P/c1-9(2)14(10(3)4,26(22,23)24)25-11(7-17-19-16)8-20-6-5-12(15)18-13(20)21/h5-6,9-11H,7-8H2,1-4H3,(H2,15,18,21)(H2,22,23,24). The molecule has 0 fully saturated rings. The highest BCUT2D eigenvalue weighted by molar-refractivity contribution is 7.53. The topological polar surface area (TPSA) is 176 Å². The quantitative estimate of drug-likeness (QED) is 0.249. The minimum absolute atomic E-state index is 0.0488. The molecule has 0 spiro atoms. The van der Waals surface area contributed by atoms with E-state index in [1.807, 2.05) is 0 Å². The van der Waals surface area contributed by atoms with Gasteiger partial charge in [0.05, 0.1) is 19.2 Å². The van der Waals surface area contributed by atoms with E-state index in [0.717, 1.165) is 0 Å². The molecule has 1 aromatic heterocycles. The summed E-state index contributed by atoms with van der Waals surface area (Å²) in [6.45, 7) is 6.24. The van der Waals surface area contributed by atoms with Crippen molar-refractivity contribution in [1.29, 1.82) is 0 Å². The van der Waals surface area contributed by atoms with Crippen molar-refractivity contribution in [1.82, 2.24) is 9.55 Å². The molecule has 1 atom stereocenters. The number of rotatable bonds is 9. The maximum absolute atomic E-state index is 12.3. The van der Waals surface area contributed by atoms with E-state index in [4.69, 9.17) is 16.0 Å². The number of nitrogen functional groups attached to an aromatic ring is 1. The van der Waals surface area contributed by atoms with Crippen molar-refractivity contribution >= 4 is 13.4 Å². The number of anilines is 1. The summed E-state index contributed by atoms with van der Waals surface area (Å²) in [5.74, 6) is -1.04. The summed E-state index contributed by atoms with van der Waals surface area (Å²) in [5, 5.41) is 1.64. The Balaban J connectivity index is 3.32. The molecule has 0 saturated carbocycles. The van der Waals surface area contributed by atoms with Gasteiger partial charge in [0, 0.05) is 11.1 Å². The lowest BCUT2D eigenvalue weighted by molar-refractivity contribution is -0.106. The largest absolute Gasteiger partial charge is 0.383 e. The van der Waals surface area contributed by atoms with Gasteiger partial charge in [0.25, 0.3) is 0 Å². The molecule has 4 N–H and O–H groups in total. The molecule has 0 saturated heterocycles. The third-order valence-corrected chi connectivity index (χ3v) is 6.16. The molecule has 1 unspecified atom stereocenters. The van der Waals surface area contributed by atoms with Crippen LogP contribution in [0.2, 0.25) is 0 Å². The van der Waals surface area contributed by atoms with Crippen molar-refractivity contribution in [3.8, 4) is 0 Å². The lowest BCUT2D eigenvalue weighted by Gasteiger charge is -2.43. The Morgan fingerprint density at radius 3 is 2.42 bits per heavy atom. The molecular formula is C14H25N6O5P. The molecule has 0 aliphatic heterocycles. The Bertz CT molecular complexity index is 759. The van der Waals surface area contributed by atoms with Crippen LogP contribution in [-0.4, -0.2) is 37.3 Å². The zero-order valence-electron chi connectivity index (χ0n) is 15.2. The summed E-state index contributed by atoms with van der Waals surface area (Å²) in [6, 6.07) is 1.41. The number of nitrogens with zero attached hydrogens (tertiary/aromatic N) is 5. The van der Waals surface area contributed by atoms with Crippen molar-refractivity contribution in [2.75, 3.05) is 12.3 Å². The Hall–Kier alpha value is -1.90. The van der Waals surface area contributed by atoms with Crippen LogP contribution in [0.15, 0.2) is 22.2 Å². The fraction of sp³-hybridized carbons (Fsp3) is 0.714. The van der Waals surface area contributed by atoms with Gasteiger partial charge in [-0.1, -0.05) is 32.8 Å². The van der Waals surface area contributed by atoms with Crippen LogP contribution in [0.3, 0.4) is 0 Å². The lowest BCUT2D eigenvalue weighted by Crippen LogP contribution is -2.48. The first-order valence-corrected chi connectivity index (χ1v) is 9.64. The molecule has 11 nitrogen and oxygen atoms in total. The first-order valence-electron chi connectivity index (χ1n) is 8.03. The van der Waals surface area contributed by atoms with Crippen LogP contribution in [0.1, 0.15) is 27.7 Å². The second-order valence-electron chi connectivity index (χ2n) is 6.55. The van der Waals surface area contributed by atoms with Gasteiger partial charge in [-0.05, 0) is 23.4 Å².